The third kappa shape index (κ3) is 5.56. The van der Waals surface area contributed by atoms with Gasteiger partial charge in [0.25, 0.3) is 5.91 Å². The van der Waals surface area contributed by atoms with Gasteiger partial charge in [0.05, 0.1) is 13.5 Å². The lowest BCUT2D eigenvalue weighted by molar-refractivity contribution is -0.152. The first-order valence-corrected chi connectivity index (χ1v) is 8.26. The van der Waals surface area contributed by atoms with E-state index in [1.54, 1.807) is 30.3 Å². The Balaban J connectivity index is 1.89. The predicted molar refractivity (Wildman–Crippen MR) is 95.0 cm³/mol. The number of hydrogen-bond acceptors (Lipinski definition) is 4. The predicted octanol–water partition coefficient (Wildman–Crippen LogP) is 3.71. The lowest BCUT2D eigenvalue weighted by atomic mass is 10.1. The molecule has 5 nitrogen and oxygen atoms in total. The highest BCUT2D eigenvalue weighted by molar-refractivity contribution is 9.10. The zero-order valence-corrected chi connectivity index (χ0v) is 15.3. The quantitative estimate of drug-likeness (QED) is 0.738. The number of hydrogen-bond donors (Lipinski definition) is 1. The molecule has 0 radical (unpaired) electrons. The van der Waals surface area contributed by atoms with Gasteiger partial charge in [-0.15, -0.1) is 0 Å². The van der Waals surface area contributed by atoms with Gasteiger partial charge in [0.2, 0.25) is 0 Å². The molecule has 0 aliphatic heterocycles. The molecule has 1 atom stereocenters. The molecule has 0 aliphatic rings. The first-order chi connectivity index (χ1) is 11.9. The van der Waals surface area contributed by atoms with E-state index < -0.39 is 23.8 Å². The van der Waals surface area contributed by atoms with E-state index >= 15 is 0 Å². The van der Waals surface area contributed by atoms with E-state index in [-0.39, 0.29) is 12.2 Å². The Labute approximate surface area is 153 Å². The molecule has 0 spiro atoms. The maximum absolute atomic E-state index is 13.6. The maximum atomic E-state index is 13.6. The molecule has 0 heterocycles. The third-order valence-corrected chi connectivity index (χ3v) is 3.88. The molecule has 25 heavy (non-hydrogen) atoms. The van der Waals surface area contributed by atoms with Gasteiger partial charge in [0.1, 0.15) is 0 Å². The van der Waals surface area contributed by atoms with Crippen LogP contribution in [0.3, 0.4) is 0 Å². The van der Waals surface area contributed by atoms with Crippen LogP contribution in [-0.4, -0.2) is 25.1 Å². The highest BCUT2D eigenvalue weighted by Crippen LogP contribution is 2.18. The van der Waals surface area contributed by atoms with E-state index in [0.29, 0.717) is 11.3 Å². The number of halogens is 2. The standard InChI is InChI=1S/C18H17BrFNO4/c1-11(18(23)21-14-6-4-13(19)5-7-14)25-17(22)10-12-3-8-16(24-2)15(20)9-12/h3-9,11H,10H2,1-2H3,(H,21,23). The van der Waals surface area contributed by atoms with E-state index in [1.807, 2.05) is 0 Å². The molecule has 0 aliphatic carbocycles. The molecule has 7 heteroatoms. The number of esters is 1. The fourth-order valence-electron chi connectivity index (χ4n) is 2.06. The second kappa shape index (κ2) is 8.62. The number of ether oxygens (including phenoxy) is 2. The van der Waals surface area contributed by atoms with E-state index in [0.717, 1.165) is 4.47 Å². The Kier molecular flexibility index (Phi) is 6.52. The summed E-state index contributed by atoms with van der Waals surface area (Å²) >= 11 is 3.30. The third-order valence-electron chi connectivity index (χ3n) is 3.35. The van der Waals surface area contributed by atoms with Gasteiger partial charge in [0.15, 0.2) is 17.7 Å². The average molecular weight is 410 g/mol. The molecule has 2 rings (SSSR count). The minimum atomic E-state index is -0.973. The van der Waals surface area contributed by atoms with Crippen LogP contribution in [0.15, 0.2) is 46.9 Å². The summed E-state index contributed by atoms with van der Waals surface area (Å²) in [4.78, 5) is 24.0. The molecule has 2 aromatic carbocycles. The molecule has 0 saturated carbocycles. The van der Waals surface area contributed by atoms with Crippen LogP contribution in [0.4, 0.5) is 10.1 Å². The zero-order valence-electron chi connectivity index (χ0n) is 13.7. The maximum Gasteiger partial charge on any atom is 0.311 e. The van der Waals surface area contributed by atoms with Gasteiger partial charge in [-0.3, -0.25) is 9.59 Å². The summed E-state index contributed by atoms with van der Waals surface area (Å²) in [5, 5.41) is 2.65. The van der Waals surface area contributed by atoms with Crippen molar-refractivity contribution < 1.29 is 23.5 Å². The molecule has 2 aromatic rings. The van der Waals surface area contributed by atoms with Crippen LogP contribution in [-0.2, 0) is 20.7 Å². The van der Waals surface area contributed by atoms with Gasteiger partial charge < -0.3 is 14.8 Å². The van der Waals surface area contributed by atoms with E-state index in [9.17, 15) is 14.0 Å². The van der Waals surface area contributed by atoms with Gasteiger partial charge in [-0.1, -0.05) is 22.0 Å². The lowest BCUT2D eigenvalue weighted by Gasteiger charge is -2.14. The second-order valence-electron chi connectivity index (χ2n) is 5.27. The molecule has 0 aromatic heterocycles. The summed E-state index contributed by atoms with van der Waals surface area (Å²) in [6.07, 6.45) is -1.11. The Hall–Kier alpha value is -2.41. The van der Waals surface area contributed by atoms with Crippen molar-refractivity contribution in [1.29, 1.82) is 0 Å². The normalized spacial score (nSPS) is 11.5. The van der Waals surface area contributed by atoms with Crippen LogP contribution in [0.2, 0.25) is 0 Å². The molecule has 0 bridgehead atoms. The molecule has 0 fully saturated rings. The summed E-state index contributed by atoms with van der Waals surface area (Å²) < 4.78 is 24.4. The summed E-state index contributed by atoms with van der Waals surface area (Å²) in [7, 11) is 1.36. The summed E-state index contributed by atoms with van der Waals surface area (Å²) in [5.41, 5.74) is 1.03. The monoisotopic (exact) mass is 409 g/mol. The topological polar surface area (TPSA) is 64.6 Å². The number of benzene rings is 2. The smallest absolute Gasteiger partial charge is 0.311 e. The van der Waals surface area contributed by atoms with E-state index in [1.165, 1.54) is 26.2 Å². The van der Waals surface area contributed by atoms with Crippen molar-refractivity contribution in [2.75, 3.05) is 12.4 Å². The average Bonchev–Trinajstić information content (AvgIpc) is 2.57. The van der Waals surface area contributed by atoms with Crippen molar-refractivity contribution in [2.24, 2.45) is 0 Å². The van der Waals surface area contributed by atoms with Crippen LogP contribution < -0.4 is 10.1 Å². The largest absolute Gasteiger partial charge is 0.494 e. The van der Waals surface area contributed by atoms with Crippen LogP contribution in [0.5, 0.6) is 5.75 Å². The highest BCUT2D eigenvalue weighted by atomic mass is 79.9. The highest BCUT2D eigenvalue weighted by Gasteiger charge is 2.18. The van der Waals surface area contributed by atoms with Crippen LogP contribution in [0.25, 0.3) is 0 Å². The second-order valence-corrected chi connectivity index (χ2v) is 6.19. The number of amides is 1. The first-order valence-electron chi connectivity index (χ1n) is 7.47. The van der Waals surface area contributed by atoms with Crippen LogP contribution in [0.1, 0.15) is 12.5 Å². The number of anilines is 1. The molecule has 1 N–H and O–H groups in total. The van der Waals surface area contributed by atoms with Gasteiger partial charge in [-0.25, -0.2) is 4.39 Å². The zero-order chi connectivity index (χ0) is 18.4. The SMILES string of the molecule is COc1ccc(CC(=O)OC(C)C(=O)Nc2ccc(Br)cc2)cc1F. The number of carbonyl (C=O) groups is 2. The number of rotatable bonds is 6. The van der Waals surface area contributed by atoms with Crippen molar-refractivity contribution in [3.05, 3.63) is 58.3 Å². The molecule has 132 valence electrons. The molecule has 1 unspecified atom stereocenters. The lowest BCUT2D eigenvalue weighted by Crippen LogP contribution is -2.30. The van der Waals surface area contributed by atoms with Crippen molar-refractivity contribution in [2.45, 2.75) is 19.4 Å². The summed E-state index contributed by atoms with van der Waals surface area (Å²) in [6.45, 7) is 1.47. The van der Waals surface area contributed by atoms with Crippen molar-refractivity contribution >= 4 is 33.5 Å². The van der Waals surface area contributed by atoms with Gasteiger partial charge >= 0.3 is 5.97 Å². The van der Waals surface area contributed by atoms with E-state index in [2.05, 4.69) is 21.2 Å². The fourth-order valence-corrected chi connectivity index (χ4v) is 2.32. The van der Waals surface area contributed by atoms with Gasteiger partial charge in [-0.05, 0) is 48.9 Å². The van der Waals surface area contributed by atoms with Gasteiger partial charge in [-0.2, -0.15) is 0 Å². The molecule has 1 amide bonds. The van der Waals surface area contributed by atoms with Crippen LogP contribution >= 0.6 is 15.9 Å². The Morgan fingerprint density at radius 1 is 1.20 bits per heavy atom. The number of nitrogens with one attached hydrogen (secondary N) is 1. The summed E-state index contributed by atoms with van der Waals surface area (Å²) in [6, 6.07) is 11.2. The number of carbonyl (C=O) groups excluding carboxylic acids is 2. The fraction of sp³-hybridized carbons (Fsp3) is 0.222. The van der Waals surface area contributed by atoms with Gasteiger partial charge in [0, 0.05) is 10.2 Å². The van der Waals surface area contributed by atoms with Crippen molar-refractivity contribution in [3.63, 3.8) is 0 Å². The molecular formula is C18H17BrFNO4. The van der Waals surface area contributed by atoms with Crippen LogP contribution in [0, 0.1) is 5.82 Å². The Morgan fingerprint density at radius 3 is 2.48 bits per heavy atom. The first kappa shape index (κ1) is 18.9. The molecular weight excluding hydrogens is 393 g/mol. The Morgan fingerprint density at radius 2 is 1.88 bits per heavy atom. The minimum Gasteiger partial charge on any atom is -0.494 e. The minimum absolute atomic E-state index is 0.0966. The van der Waals surface area contributed by atoms with Crippen molar-refractivity contribution in [1.82, 2.24) is 0 Å². The van der Waals surface area contributed by atoms with E-state index in [4.69, 9.17) is 9.47 Å². The number of methoxy groups -OCH3 is 1. The molecule has 0 saturated heterocycles. The Bertz CT molecular complexity index is 764. The summed E-state index contributed by atoms with van der Waals surface area (Å²) in [5.74, 6) is -1.53. The van der Waals surface area contributed by atoms with Crippen molar-refractivity contribution in [3.8, 4) is 5.75 Å².